The highest BCUT2D eigenvalue weighted by Gasteiger charge is 2.27. The maximum absolute atomic E-state index is 2.72. The van der Waals surface area contributed by atoms with Crippen molar-refractivity contribution in [3.05, 3.63) is 29.3 Å². The minimum absolute atomic E-state index is 0.806. The van der Waals surface area contributed by atoms with Gasteiger partial charge in [0.05, 0.1) is 0 Å². The summed E-state index contributed by atoms with van der Waals surface area (Å²) in [5.74, 6) is 0. The average molecular weight is 287 g/mol. The predicted octanol–water partition coefficient (Wildman–Crippen LogP) is 2.52. The standard InChI is InChI=1S/C18H29N3/c1-15-4-5-18(16(2)14-15)21-8-6-17(7-9-21)20-12-10-19(3)11-13-20/h4-5,14,17H,6-13H2,1-3H3. The Kier molecular flexibility index (Phi) is 4.51. The van der Waals surface area contributed by atoms with Crippen LogP contribution in [0.5, 0.6) is 0 Å². The average Bonchev–Trinajstić information content (AvgIpc) is 2.48. The third-order valence-electron chi connectivity index (χ3n) is 5.21. The molecule has 0 N–H and O–H groups in total. The van der Waals surface area contributed by atoms with Gasteiger partial charge < -0.3 is 9.80 Å². The number of hydrogen-bond donors (Lipinski definition) is 0. The first-order valence-electron chi connectivity index (χ1n) is 8.38. The fourth-order valence-corrected chi connectivity index (χ4v) is 3.82. The minimum atomic E-state index is 0.806. The maximum atomic E-state index is 2.72. The Labute approximate surface area is 129 Å². The molecule has 0 amide bonds. The molecule has 21 heavy (non-hydrogen) atoms. The molecule has 2 heterocycles. The Morgan fingerprint density at radius 1 is 0.905 bits per heavy atom. The molecule has 0 unspecified atom stereocenters. The second-order valence-corrected chi connectivity index (χ2v) is 6.85. The van der Waals surface area contributed by atoms with E-state index in [1.807, 2.05) is 0 Å². The van der Waals surface area contributed by atoms with Crippen LogP contribution < -0.4 is 4.90 Å². The van der Waals surface area contributed by atoms with E-state index < -0.39 is 0 Å². The topological polar surface area (TPSA) is 9.72 Å². The largest absolute Gasteiger partial charge is 0.371 e. The molecule has 2 saturated heterocycles. The second kappa shape index (κ2) is 6.37. The van der Waals surface area contributed by atoms with Gasteiger partial charge in [-0.1, -0.05) is 17.7 Å². The summed E-state index contributed by atoms with van der Waals surface area (Å²) in [4.78, 5) is 7.75. The van der Waals surface area contributed by atoms with Gasteiger partial charge in [0.1, 0.15) is 0 Å². The lowest BCUT2D eigenvalue weighted by Crippen LogP contribution is -2.52. The summed E-state index contributed by atoms with van der Waals surface area (Å²) < 4.78 is 0. The smallest absolute Gasteiger partial charge is 0.0396 e. The molecule has 3 nitrogen and oxygen atoms in total. The van der Waals surface area contributed by atoms with E-state index >= 15 is 0 Å². The molecule has 2 aliphatic rings. The molecular formula is C18H29N3. The number of piperidine rings is 1. The summed E-state index contributed by atoms with van der Waals surface area (Å²) in [5, 5.41) is 0. The van der Waals surface area contributed by atoms with Crippen LogP contribution in [0, 0.1) is 13.8 Å². The van der Waals surface area contributed by atoms with Crippen LogP contribution >= 0.6 is 0 Å². The van der Waals surface area contributed by atoms with Crippen molar-refractivity contribution in [1.29, 1.82) is 0 Å². The lowest BCUT2D eigenvalue weighted by molar-refractivity contribution is 0.0982. The number of nitrogens with zero attached hydrogens (tertiary/aromatic N) is 3. The Morgan fingerprint density at radius 2 is 1.57 bits per heavy atom. The molecule has 3 rings (SSSR count). The molecule has 0 aliphatic carbocycles. The molecule has 2 fully saturated rings. The number of aryl methyl sites for hydroxylation is 2. The Morgan fingerprint density at radius 3 is 2.19 bits per heavy atom. The number of anilines is 1. The van der Waals surface area contributed by atoms with Gasteiger partial charge in [0.2, 0.25) is 0 Å². The van der Waals surface area contributed by atoms with Gasteiger partial charge in [-0.3, -0.25) is 4.90 Å². The first kappa shape index (κ1) is 14.9. The highest BCUT2D eigenvalue weighted by molar-refractivity contribution is 5.54. The predicted molar refractivity (Wildman–Crippen MR) is 90.2 cm³/mol. The van der Waals surface area contributed by atoms with E-state index in [0.717, 1.165) is 6.04 Å². The lowest BCUT2D eigenvalue weighted by atomic mass is 10.0. The molecular weight excluding hydrogens is 258 g/mol. The lowest BCUT2D eigenvalue weighted by Gasteiger charge is -2.42. The van der Waals surface area contributed by atoms with Crippen LogP contribution in [-0.2, 0) is 0 Å². The van der Waals surface area contributed by atoms with Gasteiger partial charge >= 0.3 is 0 Å². The van der Waals surface area contributed by atoms with Crippen LogP contribution in [0.2, 0.25) is 0 Å². The number of benzene rings is 1. The van der Waals surface area contributed by atoms with Crippen LogP contribution in [0.1, 0.15) is 24.0 Å². The van der Waals surface area contributed by atoms with E-state index in [-0.39, 0.29) is 0 Å². The van der Waals surface area contributed by atoms with Crippen molar-refractivity contribution in [2.75, 3.05) is 51.2 Å². The maximum Gasteiger partial charge on any atom is 0.0396 e. The van der Waals surface area contributed by atoms with E-state index in [1.165, 1.54) is 68.9 Å². The Balaban J connectivity index is 1.57. The molecule has 2 aliphatic heterocycles. The van der Waals surface area contributed by atoms with E-state index in [1.54, 1.807) is 0 Å². The zero-order chi connectivity index (χ0) is 14.8. The first-order chi connectivity index (χ1) is 10.1. The van der Waals surface area contributed by atoms with Gasteiger partial charge in [-0.05, 0) is 45.4 Å². The number of piperazine rings is 1. The van der Waals surface area contributed by atoms with Crippen LogP contribution in [0.4, 0.5) is 5.69 Å². The highest BCUT2D eigenvalue weighted by atomic mass is 15.3. The van der Waals surface area contributed by atoms with Gasteiger partial charge in [0.15, 0.2) is 0 Å². The van der Waals surface area contributed by atoms with Crippen LogP contribution in [-0.4, -0.2) is 62.2 Å². The fraction of sp³-hybridized carbons (Fsp3) is 0.667. The summed E-state index contributed by atoms with van der Waals surface area (Å²) in [6.45, 7) is 11.8. The zero-order valence-electron chi connectivity index (χ0n) is 13.8. The molecule has 0 saturated carbocycles. The van der Waals surface area contributed by atoms with Gasteiger partial charge in [-0.25, -0.2) is 0 Å². The summed E-state index contributed by atoms with van der Waals surface area (Å²) in [5.41, 5.74) is 4.23. The molecule has 3 heteroatoms. The minimum Gasteiger partial charge on any atom is -0.371 e. The van der Waals surface area contributed by atoms with Crippen molar-refractivity contribution in [2.24, 2.45) is 0 Å². The second-order valence-electron chi connectivity index (χ2n) is 6.85. The number of hydrogen-bond acceptors (Lipinski definition) is 3. The van der Waals surface area contributed by atoms with Gasteiger partial charge in [0, 0.05) is 51.0 Å². The van der Waals surface area contributed by atoms with Crippen molar-refractivity contribution in [3.8, 4) is 0 Å². The monoisotopic (exact) mass is 287 g/mol. The van der Waals surface area contributed by atoms with E-state index in [9.17, 15) is 0 Å². The van der Waals surface area contributed by atoms with Crippen molar-refractivity contribution in [2.45, 2.75) is 32.7 Å². The Bertz CT molecular complexity index is 469. The Hall–Kier alpha value is -1.06. The van der Waals surface area contributed by atoms with Gasteiger partial charge in [-0.15, -0.1) is 0 Å². The van der Waals surface area contributed by atoms with E-state index in [0.29, 0.717) is 0 Å². The molecule has 116 valence electrons. The normalized spacial score (nSPS) is 22.7. The highest BCUT2D eigenvalue weighted by Crippen LogP contribution is 2.26. The van der Waals surface area contributed by atoms with Crippen LogP contribution in [0.25, 0.3) is 0 Å². The summed E-state index contributed by atoms with van der Waals surface area (Å²) in [7, 11) is 2.24. The van der Waals surface area contributed by atoms with Crippen molar-refractivity contribution >= 4 is 5.69 Å². The zero-order valence-corrected chi connectivity index (χ0v) is 13.8. The van der Waals surface area contributed by atoms with Crippen LogP contribution in [0.3, 0.4) is 0 Å². The SMILES string of the molecule is Cc1ccc(N2CCC(N3CCN(C)CC3)CC2)c(C)c1. The fourth-order valence-electron chi connectivity index (χ4n) is 3.82. The van der Waals surface area contributed by atoms with Gasteiger partial charge in [-0.2, -0.15) is 0 Å². The summed E-state index contributed by atoms with van der Waals surface area (Å²) in [6, 6.07) is 7.66. The van der Waals surface area contributed by atoms with E-state index in [4.69, 9.17) is 0 Å². The molecule has 1 aromatic carbocycles. The van der Waals surface area contributed by atoms with Gasteiger partial charge in [0.25, 0.3) is 0 Å². The first-order valence-corrected chi connectivity index (χ1v) is 8.38. The van der Waals surface area contributed by atoms with Crippen molar-refractivity contribution in [1.82, 2.24) is 9.80 Å². The van der Waals surface area contributed by atoms with Crippen molar-refractivity contribution < 1.29 is 0 Å². The van der Waals surface area contributed by atoms with E-state index in [2.05, 4.69) is 53.8 Å². The molecule has 0 spiro atoms. The molecule has 0 atom stereocenters. The summed E-state index contributed by atoms with van der Waals surface area (Å²) in [6.07, 6.45) is 2.63. The van der Waals surface area contributed by atoms with Crippen molar-refractivity contribution in [3.63, 3.8) is 0 Å². The number of likely N-dealkylation sites (N-methyl/N-ethyl adjacent to an activating group) is 1. The third kappa shape index (κ3) is 3.41. The third-order valence-corrected chi connectivity index (χ3v) is 5.21. The molecule has 0 radical (unpaired) electrons. The van der Waals surface area contributed by atoms with Crippen LogP contribution in [0.15, 0.2) is 18.2 Å². The quantitative estimate of drug-likeness (QED) is 0.827. The molecule has 0 bridgehead atoms. The molecule has 1 aromatic rings. The summed E-state index contributed by atoms with van der Waals surface area (Å²) >= 11 is 0. The molecule has 0 aromatic heterocycles. The number of rotatable bonds is 2.